The first-order valence-electron chi connectivity index (χ1n) is 6.92. The Labute approximate surface area is 113 Å². The second-order valence-electron chi connectivity index (χ2n) is 5.54. The lowest BCUT2D eigenvalue weighted by molar-refractivity contribution is 0.344. The van der Waals surface area contributed by atoms with Crippen molar-refractivity contribution in [1.82, 2.24) is 0 Å². The lowest BCUT2D eigenvalue weighted by atomic mass is 9.89. The summed E-state index contributed by atoms with van der Waals surface area (Å²) in [6, 6.07) is 4.13. The van der Waals surface area contributed by atoms with Crippen LogP contribution in [0, 0.1) is 11.8 Å². The van der Waals surface area contributed by atoms with Gasteiger partial charge in [-0.15, -0.1) is 0 Å². The molecule has 2 nitrogen and oxygen atoms in total. The molecule has 1 fully saturated rings. The largest absolute Gasteiger partial charge is 0.493 e. The lowest BCUT2D eigenvalue weighted by Crippen LogP contribution is -2.20. The second kappa shape index (κ2) is 5.10. The highest BCUT2D eigenvalue weighted by molar-refractivity contribution is 6.30. The predicted molar refractivity (Wildman–Crippen MR) is 74.2 cm³/mol. The molecule has 0 bridgehead atoms. The van der Waals surface area contributed by atoms with Crippen LogP contribution in [0.5, 0.6) is 5.75 Å². The molecule has 1 aromatic rings. The summed E-state index contributed by atoms with van der Waals surface area (Å²) in [5, 5.41) is 0.844. The van der Waals surface area contributed by atoms with Gasteiger partial charge in [0.2, 0.25) is 0 Å². The van der Waals surface area contributed by atoms with Crippen LogP contribution in [0.25, 0.3) is 0 Å². The molecule has 3 rings (SSSR count). The quantitative estimate of drug-likeness (QED) is 0.911. The molecule has 1 heterocycles. The molecule has 0 aromatic heterocycles. The highest BCUT2D eigenvalue weighted by atomic mass is 35.5. The molecule has 0 radical (unpaired) electrons. The molecular formula is C15H20ClNO. The van der Waals surface area contributed by atoms with Crippen LogP contribution in [-0.2, 0) is 12.8 Å². The zero-order valence-corrected chi connectivity index (χ0v) is 11.4. The fraction of sp³-hybridized carbons (Fsp3) is 0.600. The summed E-state index contributed by atoms with van der Waals surface area (Å²) in [6.45, 7) is 1.61. The molecule has 2 aliphatic rings. The Balaban J connectivity index is 1.84. The molecule has 2 N–H and O–H groups in total. The van der Waals surface area contributed by atoms with Gasteiger partial charge in [-0.3, -0.25) is 0 Å². The highest BCUT2D eigenvalue weighted by Crippen LogP contribution is 2.39. The number of halogens is 1. The number of fused-ring (bicyclic) bond motifs is 1. The summed E-state index contributed by atoms with van der Waals surface area (Å²) in [5.41, 5.74) is 8.43. The minimum Gasteiger partial charge on any atom is -0.493 e. The molecule has 18 heavy (non-hydrogen) atoms. The first kappa shape index (κ1) is 12.3. The van der Waals surface area contributed by atoms with Crippen LogP contribution in [0.4, 0.5) is 0 Å². The molecule has 1 aliphatic heterocycles. The van der Waals surface area contributed by atoms with Crippen molar-refractivity contribution >= 4 is 11.6 Å². The Morgan fingerprint density at radius 3 is 2.94 bits per heavy atom. The fourth-order valence-corrected chi connectivity index (χ4v) is 3.74. The number of nitrogens with two attached hydrogens (primary N) is 1. The number of ether oxygens (including phenoxy) is 1. The van der Waals surface area contributed by atoms with Crippen LogP contribution >= 0.6 is 11.6 Å². The minimum atomic E-state index is 0.682. The molecule has 2 atom stereocenters. The van der Waals surface area contributed by atoms with Crippen molar-refractivity contribution in [1.29, 1.82) is 0 Å². The van der Waals surface area contributed by atoms with Crippen molar-refractivity contribution in [2.24, 2.45) is 17.6 Å². The third-order valence-corrected chi connectivity index (χ3v) is 4.64. The molecule has 1 aromatic carbocycles. The molecule has 0 saturated heterocycles. The van der Waals surface area contributed by atoms with Crippen molar-refractivity contribution in [3.05, 3.63) is 28.3 Å². The van der Waals surface area contributed by atoms with Gasteiger partial charge in [0.1, 0.15) is 5.75 Å². The number of hydrogen-bond donors (Lipinski definition) is 1. The zero-order valence-electron chi connectivity index (χ0n) is 10.6. The van der Waals surface area contributed by atoms with E-state index in [-0.39, 0.29) is 0 Å². The van der Waals surface area contributed by atoms with Crippen molar-refractivity contribution in [2.45, 2.75) is 32.1 Å². The lowest BCUT2D eigenvalue weighted by Gasteiger charge is -2.19. The van der Waals surface area contributed by atoms with E-state index in [9.17, 15) is 0 Å². The van der Waals surface area contributed by atoms with Crippen LogP contribution in [0.1, 0.15) is 30.4 Å². The molecule has 0 spiro atoms. The third-order valence-electron chi connectivity index (χ3n) is 4.43. The van der Waals surface area contributed by atoms with E-state index in [1.165, 1.54) is 30.4 Å². The van der Waals surface area contributed by atoms with Crippen LogP contribution in [0.3, 0.4) is 0 Å². The Hall–Kier alpha value is -0.730. The van der Waals surface area contributed by atoms with E-state index < -0.39 is 0 Å². The van der Waals surface area contributed by atoms with Gasteiger partial charge in [0.15, 0.2) is 0 Å². The summed E-state index contributed by atoms with van der Waals surface area (Å²) in [5.74, 6) is 2.49. The SMILES string of the molecule is NCC1CCCC1Cc1cc(Cl)cc2c1OCC2. The standard InChI is InChI=1S/C15H20ClNO/c16-14-7-11-4-5-18-15(11)13(8-14)6-10-2-1-3-12(10)9-17/h7-8,10,12H,1-6,9,17H2. The van der Waals surface area contributed by atoms with Gasteiger partial charge < -0.3 is 10.5 Å². The second-order valence-corrected chi connectivity index (χ2v) is 5.98. The van der Waals surface area contributed by atoms with E-state index in [0.29, 0.717) is 11.8 Å². The Morgan fingerprint density at radius 1 is 1.28 bits per heavy atom. The average Bonchev–Trinajstić information content (AvgIpc) is 2.96. The topological polar surface area (TPSA) is 35.2 Å². The molecule has 2 unspecified atom stereocenters. The number of rotatable bonds is 3. The van der Waals surface area contributed by atoms with Crippen molar-refractivity contribution < 1.29 is 4.74 Å². The van der Waals surface area contributed by atoms with E-state index in [1.54, 1.807) is 0 Å². The van der Waals surface area contributed by atoms with Gasteiger partial charge in [-0.05, 0) is 60.9 Å². The fourth-order valence-electron chi connectivity index (χ4n) is 3.47. The first-order chi connectivity index (χ1) is 8.78. The molecule has 0 amide bonds. The van der Waals surface area contributed by atoms with Gasteiger partial charge in [0.25, 0.3) is 0 Å². The first-order valence-corrected chi connectivity index (χ1v) is 7.30. The van der Waals surface area contributed by atoms with Gasteiger partial charge in [0, 0.05) is 11.4 Å². The number of hydrogen-bond acceptors (Lipinski definition) is 2. The molecule has 1 saturated carbocycles. The maximum absolute atomic E-state index is 6.20. The summed E-state index contributed by atoms with van der Waals surface area (Å²) in [6.07, 6.45) is 5.96. The van der Waals surface area contributed by atoms with Crippen molar-refractivity contribution in [3.8, 4) is 5.75 Å². The maximum atomic E-state index is 6.20. The molecule has 1 aliphatic carbocycles. The average molecular weight is 266 g/mol. The normalized spacial score (nSPS) is 26.1. The smallest absolute Gasteiger partial charge is 0.125 e. The van der Waals surface area contributed by atoms with E-state index in [0.717, 1.165) is 36.8 Å². The van der Waals surface area contributed by atoms with E-state index >= 15 is 0 Å². The van der Waals surface area contributed by atoms with Gasteiger partial charge in [-0.25, -0.2) is 0 Å². The summed E-state index contributed by atoms with van der Waals surface area (Å²) in [4.78, 5) is 0. The maximum Gasteiger partial charge on any atom is 0.125 e. The Kier molecular flexibility index (Phi) is 3.49. The molecular weight excluding hydrogens is 246 g/mol. The summed E-state index contributed by atoms with van der Waals surface area (Å²) >= 11 is 6.20. The van der Waals surface area contributed by atoms with Crippen LogP contribution in [0.2, 0.25) is 5.02 Å². The minimum absolute atomic E-state index is 0.682. The summed E-state index contributed by atoms with van der Waals surface area (Å²) < 4.78 is 5.77. The van der Waals surface area contributed by atoms with Gasteiger partial charge in [-0.1, -0.05) is 18.0 Å². The Bertz CT molecular complexity index is 446. The van der Waals surface area contributed by atoms with Crippen LogP contribution in [0.15, 0.2) is 12.1 Å². The third kappa shape index (κ3) is 2.24. The van der Waals surface area contributed by atoms with E-state index in [4.69, 9.17) is 22.1 Å². The van der Waals surface area contributed by atoms with Crippen LogP contribution < -0.4 is 10.5 Å². The van der Waals surface area contributed by atoms with Gasteiger partial charge in [-0.2, -0.15) is 0 Å². The van der Waals surface area contributed by atoms with E-state index in [2.05, 4.69) is 6.07 Å². The zero-order chi connectivity index (χ0) is 12.5. The Morgan fingerprint density at radius 2 is 2.11 bits per heavy atom. The molecule has 3 heteroatoms. The predicted octanol–water partition coefficient (Wildman–Crippen LogP) is 3.19. The van der Waals surface area contributed by atoms with Crippen molar-refractivity contribution in [3.63, 3.8) is 0 Å². The monoisotopic (exact) mass is 265 g/mol. The van der Waals surface area contributed by atoms with Gasteiger partial charge in [0.05, 0.1) is 6.61 Å². The van der Waals surface area contributed by atoms with Crippen molar-refractivity contribution in [2.75, 3.05) is 13.2 Å². The van der Waals surface area contributed by atoms with Crippen LogP contribution in [-0.4, -0.2) is 13.2 Å². The summed E-state index contributed by atoms with van der Waals surface area (Å²) in [7, 11) is 0. The van der Waals surface area contributed by atoms with E-state index in [1.807, 2.05) is 6.07 Å². The highest BCUT2D eigenvalue weighted by Gasteiger charge is 2.28. The van der Waals surface area contributed by atoms with Gasteiger partial charge >= 0.3 is 0 Å². The molecule has 98 valence electrons. The number of benzene rings is 1.